The molecule has 2 rings (SSSR count). The monoisotopic (exact) mass is 302 g/mol. The largest absolute Gasteiger partial charge is 0.378 e. The zero-order chi connectivity index (χ0) is 14.6. The van der Waals surface area contributed by atoms with Gasteiger partial charge in [0.05, 0.1) is 11.4 Å². The first kappa shape index (κ1) is 16.0. The van der Waals surface area contributed by atoms with Gasteiger partial charge in [-0.3, -0.25) is 4.79 Å². The second-order valence-electron chi connectivity index (χ2n) is 6.31. The molecule has 1 heterocycles. The molecule has 1 saturated heterocycles. The number of ketones is 1. The summed E-state index contributed by atoms with van der Waals surface area (Å²) in [6, 6.07) is 0. The fraction of sp³-hybridized carbons (Fsp3) is 0.933. The van der Waals surface area contributed by atoms with Crippen molar-refractivity contribution in [1.82, 2.24) is 0 Å². The minimum Gasteiger partial charge on any atom is -0.378 e. The van der Waals surface area contributed by atoms with Crippen LogP contribution >= 0.6 is 0 Å². The van der Waals surface area contributed by atoms with Crippen LogP contribution in [0, 0.1) is 5.92 Å². The maximum Gasteiger partial charge on any atom is 0.150 e. The van der Waals surface area contributed by atoms with Crippen LogP contribution in [0.15, 0.2) is 0 Å². The average molecular weight is 302 g/mol. The van der Waals surface area contributed by atoms with Gasteiger partial charge in [-0.15, -0.1) is 0 Å². The summed E-state index contributed by atoms with van der Waals surface area (Å²) < 4.78 is 28.9. The fourth-order valence-electron chi connectivity index (χ4n) is 3.37. The molecule has 1 aliphatic heterocycles. The Kier molecular flexibility index (Phi) is 5.61. The topological polar surface area (TPSA) is 60.4 Å². The lowest BCUT2D eigenvalue weighted by Crippen LogP contribution is -2.31. The van der Waals surface area contributed by atoms with E-state index in [1.165, 1.54) is 12.7 Å². The van der Waals surface area contributed by atoms with Gasteiger partial charge in [-0.2, -0.15) is 0 Å². The van der Waals surface area contributed by atoms with Crippen molar-refractivity contribution in [3.8, 4) is 0 Å². The number of hydrogen-bond donors (Lipinski definition) is 0. The Morgan fingerprint density at radius 2 is 1.95 bits per heavy atom. The minimum absolute atomic E-state index is 0.0490. The maximum absolute atomic E-state index is 12.3. The molecule has 4 nitrogen and oxygen atoms in total. The highest BCUT2D eigenvalue weighted by atomic mass is 32.2. The van der Waals surface area contributed by atoms with Gasteiger partial charge in [0, 0.05) is 25.2 Å². The molecule has 2 aliphatic rings. The van der Waals surface area contributed by atoms with Crippen LogP contribution in [0.2, 0.25) is 0 Å². The Balaban J connectivity index is 1.79. The maximum atomic E-state index is 12.3. The predicted octanol–water partition coefficient (Wildman–Crippen LogP) is 2.51. The van der Waals surface area contributed by atoms with Crippen LogP contribution in [0.4, 0.5) is 0 Å². The number of rotatable bonds is 5. The molecule has 1 aliphatic carbocycles. The molecule has 1 saturated carbocycles. The minimum atomic E-state index is -3.00. The molecule has 0 bridgehead atoms. The average Bonchev–Trinajstić information content (AvgIpc) is 2.45. The highest BCUT2D eigenvalue weighted by molar-refractivity contribution is 7.91. The van der Waals surface area contributed by atoms with E-state index in [9.17, 15) is 13.2 Å². The van der Waals surface area contributed by atoms with E-state index in [-0.39, 0.29) is 23.1 Å². The van der Waals surface area contributed by atoms with Gasteiger partial charge in [-0.25, -0.2) is 8.42 Å². The fourth-order valence-corrected chi connectivity index (χ4v) is 4.55. The van der Waals surface area contributed by atoms with Crippen LogP contribution in [-0.4, -0.2) is 38.4 Å². The van der Waals surface area contributed by atoms with Crippen molar-refractivity contribution >= 4 is 15.6 Å². The zero-order valence-electron chi connectivity index (χ0n) is 12.3. The van der Waals surface area contributed by atoms with Crippen LogP contribution in [0.3, 0.4) is 0 Å². The molecular formula is C15H26O4S. The van der Waals surface area contributed by atoms with Crippen LogP contribution < -0.4 is 0 Å². The standard InChI is InChI=1S/C15H26O4S/c1-20(17,18)14-7-4-5-12(11-14)15(16)9-8-13-6-2-3-10-19-13/h12-14H,2-11H2,1H3. The summed E-state index contributed by atoms with van der Waals surface area (Å²) in [6.07, 6.45) is 9.22. The van der Waals surface area contributed by atoms with E-state index in [0.29, 0.717) is 19.3 Å². The number of Topliss-reactive ketones (excluding diaryl/α,β-unsaturated/α-hetero) is 1. The van der Waals surface area contributed by atoms with Crippen LogP contribution in [0.5, 0.6) is 0 Å². The molecule has 0 aromatic heterocycles. The SMILES string of the molecule is CS(=O)(=O)C1CCCC(C(=O)CCC2CCCCO2)C1. The van der Waals surface area contributed by atoms with E-state index in [1.807, 2.05) is 0 Å². The van der Waals surface area contributed by atoms with E-state index >= 15 is 0 Å². The molecule has 116 valence electrons. The Hall–Kier alpha value is -0.420. The number of sulfone groups is 1. The lowest BCUT2D eigenvalue weighted by atomic mass is 9.84. The quantitative estimate of drug-likeness (QED) is 0.783. The van der Waals surface area contributed by atoms with E-state index in [4.69, 9.17) is 4.74 Å². The van der Waals surface area contributed by atoms with Gasteiger partial charge in [0.2, 0.25) is 0 Å². The number of ether oxygens (including phenoxy) is 1. The Morgan fingerprint density at radius 3 is 2.60 bits per heavy atom. The van der Waals surface area contributed by atoms with Crippen LogP contribution in [0.25, 0.3) is 0 Å². The highest BCUT2D eigenvalue weighted by Crippen LogP contribution is 2.30. The third kappa shape index (κ3) is 4.55. The smallest absolute Gasteiger partial charge is 0.150 e. The number of carbonyl (C=O) groups is 1. The Bertz CT molecular complexity index is 423. The van der Waals surface area contributed by atoms with Crippen molar-refractivity contribution in [3.63, 3.8) is 0 Å². The summed E-state index contributed by atoms with van der Waals surface area (Å²) in [6.45, 7) is 0.818. The van der Waals surface area contributed by atoms with Crippen molar-refractivity contribution in [2.75, 3.05) is 12.9 Å². The molecule has 3 unspecified atom stereocenters. The normalized spacial score (nSPS) is 31.9. The second kappa shape index (κ2) is 7.03. The van der Waals surface area contributed by atoms with Gasteiger partial charge >= 0.3 is 0 Å². The first-order valence-electron chi connectivity index (χ1n) is 7.80. The Labute approximate surface area is 122 Å². The zero-order valence-corrected chi connectivity index (χ0v) is 13.2. The summed E-state index contributed by atoms with van der Waals surface area (Å²) >= 11 is 0. The second-order valence-corrected chi connectivity index (χ2v) is 8.63. The van der Waals surface area contributed by atoms with Gasteiger partial charge in [0.1, 0.15) is 15.6 Å². The molecule has 3 atom stereocenters. The summed E-state index contributed by atoms with van der Waals surface area (Å²) in [4.78, 5) is 12.3. The first-order chi connectivity index (χ1) is 9.47. The van der Waals surface area contributed by atoms with Gasteiger partial charge in [-0.05, 0) is 44.9 Å². The van der Waals surface area contributed by atoms with Gasteiger partial charge in [0.15, 0.2) is 0 Å². The van der Waals surface area contributed by atoms with Gasteiger partial charge in [0.25, 0.3) is 0 Å². The molecular weight excluding hydrogens is 276 g/mol. The third-order valence-corrected chi connectivity index (χ3v) is 6.31. The van der Waals surface area contributed by atoms with E-state index < -0.39 is 9.84 Å². The molecule has 0 radical (unpaired) electrons. The van der Waals surface area contributed by atoms with Crippen molar-refractivity contribution in [2.45, 2.75) is 69.1 Å². The van der Waals surface area contributed by atoms with Crippen LogP contribution in [0.1, 0.15) is 57.8 Å². The lowest BCUT2D eigenvalue weighted by Gasteiger charge is -2.28. The third-order valence-electron chi connectivity index (χ3n) is 4.67. The van der Waals surface area contributed by atoms with Gasteiger partial charge in [-0.1, -0.05) is 6.42 Å². The highest BCUT2D eigenvalue weighted by Gasteiger charge is 2.32. The molecule has 2 fully saturated rings. The van der Waals surface area contributed by atoms with E-state index in [1.54, 1.807) is 0 Å². The lowest BCUT2D eigenvalue weighted by molar-refractivity contribution is -0.124. The predicted molar refractivity (Wildman–Crippen MR) is 78.4 cm³/mol. The molecule has 5 heteroatoms. The molecule has 20 heavy (non-hydrogen) atoms. The van der Waals surface area contributed by atoms with Crippen molar-refractivity contribution in [1.29, 1.82) is 0 Å². The summed E-state index contributed by atoms with van der Waals surface area (Å²) in [5.41, 5.74) is 0. The Morgan fingerprint density at radius 1 is 1.15 bits per heavy atom. The molecule has 0 aromatic rings. The number of hydrogen-bond acceptors (Lipinski definition) is 4. The first-order valence-corrected chi connectivity index (χ1v) is 9.75. The molecule has 0 N–H and O–H groups in total. The van der Waals surface area contributed by atoms with Crippen molar-refractivity contribution in [2.24, 2.45) is 5.92 Å². The van der Waals surface area contributed by atoms with Gasteiger partial charge < -0.3 is 4.74 Å². The van der Waals surface area contributed by atoms with E-state index in [0.717, 1.165) is 38.7 Å². The molecule has 0 spiro atoms. The number of carbonyl (C=O) groups excluding carboxylic acids is 1. The van der Waals surface area contributed by atoms with Crippen molar-refractivity contribution in [3.05, 3.63) is 0 Å². The van der Waals surface area contributed by atoms with Crippen molar-refractivity contribution < 1.29 is 17.9 Å². The summed E-state index contributed by atoms with van der Waals surface area (Å²) in [7, 11) is -3.00. The van der Waals surface area contributed by atoms with E-state index in [2.05, 4.69) is 0 Å². The molecule has 0 aromatic carbocycles. The summed E-state index contributed by atoms with van der Waals surface area (Å²) in [5, 5.41) is -0.309. The molecule has 0 amide bonds. The summed E-state index contributed by atoms with van der Waals surface area (Å²) in [5.74, 6) is 0.194. The van der Waals surface area contributed by atoms with Crippen LogP contribution in [-0.2, 0) is 19.4 Å².